The van der Waals surface area contributed by atoms with Gasteiger partial charge in [-0.3, -0.25) is 4.79 Å². The highest BCUT2D eigenvalue weighted by Gasteiger charge is 2.09. The topological polar surface area (TPSA) is 68.0 Å². The quantitative estimate of drug-likeness (QED) is 0.833. The van der Waals surface area contributed by atoms with Crippen LogP contribution in [0.2, 0.25) is 0 Å². The standard InChI is InChI=1S/C12H12FN3O/c13-9-3-1-2-8-4-5-10(16-11(8)9)12(17)15-7-6-14/h1-5H,6-7,14H2,(H,15,17). The van der Waals surface area contributed by atoms with Crippen LogP contribution in [0, 0.1) is 5.82 Å². The Labute approximate surface area is 97.6 Å². The number of nitrogens with zero attached hydrogens (tertiary/aromatic N) is 1. The molecule has 0 saturated heterocycles. The van der Waals surface area contributed by atoms with E-state index >= 15 is 0 Å². The molecule has 3 N–H and O–H groups in total. The molecule has 2 aromatic rings. The molecular formula is C12H12FN3O. The van der Waals surface area contributed by atoms with E-state index in [2.05, 4.69) is 10.3 Å². The number of carbonyl (C=O) groups excluding carboxylic acids is 1. The number of aromatic nitrogens is 1. The zero-order chi connectivity index (χ0) is 12.3. The SMILES string of the molecule is NCCNC(=O)c1ccc2cccc(F)c2n1. The maximum absolute atomic E-state index is 13.5. The molecule has 1 heterocycles. The number of halogens is 1. The molecule has 0 aliphatic carbocycles. The van der Waals surface area contributed by atoms with Crippen LogP contribution in [0.5, 0.6) is 0 Å². The fraction of sp³-hybridized carbons (Fsp3) is 0.167. The molecule has 0 aliphatic heterocycles. The van der Waals surface area contributed by atoms with Crippen molar-refractivity contribution in [1.29, 1.82) is 0 Å². The van der Waals surface area contributed by atoms with Gasteiger partial charge in [-0.25, -0.2) is 9.37 Å². The lowest BCUT2D eigenvalue weighted by atomic mass is 10.2. The van der Waals surface area contributed by atoms with E-state index < -0.39 is 5.82 Å². The Kier molecular flexibility index (Phi) is 3.30. The number of fused-ring (bicyclic) bond motifs is 1. The van der Waals surface area contributed by atoms with E-state index in [1.165, 1.54) is 6.07 Å². The number of carbonyl (C=O) groups is 1. The summed E-state index contributed by atoms with van der Waals surface area (Å²) in [6, 6.07) is 7.90. The lowest BCUT2D eigenvalue weighted by Gasteiger charge is -2.04. The number of rotatable bonds is 3. The Balaban J connectivity index is 2.37. The zero-order valence-corrected chi connectivity index (χ0v) is 9.11. The van der Waals surface area contributed by atoms with Gasteiger partial charge in [-0.1, -0.05) is 18.2 Å². The van der Waals surface area contributed by atoms with Crippen molar-refractivity contribution in [3.8, 4) is 0 Å². The van der Waals surface area contributed by atoms with E-state index in [4.69, 9.17) is 5.73 Å². The summed E-state index contributed by atoms with van der Waals surface area (Å²) in [6.45, 7) is 0.726. The van der Waals surface area contributed by atoms with E-state index in [-0.39, 0.29) is 17.1 Å². The monoisotopic (exact) mass is 233 g/mol. The third-order valence-electron chi connectivity index (χ3n) is 2.33. The lowest BCUT2D eigenvalue weighted by molar-refractivity contribution is 0.0950. The maximum atomic E-state index is 13.5. The van der Waals surface area contributed by atoms with Crippen molar-refractivity contribution in [2.75, 3.05) is 13.1 Å². The maximum Gasteiger partial charge on any atom is 0.269 e. The first-order valence-corrected chi connectivity index (χ1v) is 5.26. The van der Waals surface area contributed by atoms with Crippen molar-refractivity contribution in [2.45, 2.75) is 0 Å². The number of nitrogens with one attached hydrogen (secondary N) is 1. The summed E-state index contributed by atoms with van der Waals surface area (Å²) >= 11 is 0. The minimum Gasteiger partial charge on any atom is -0.349 e. The van der Waals surface area contributed by atoms with Gasteiger partial charge in [-0.05, 0) is 12.1 Å². The number of amides is 1. The second-order valence-electron chi connectivity index (χ2n) is 3.55. The molecule has 5 heteroatoms. The second-order valence-corrected chi connectivity index (χ2v) is 3.55. The second kappa shape index (κ2) is 4.88. The Morgan fingerprint density at radius 2 is 2.18 bits per heavy atom. The van der Waals surface area contributed by atoms with Gasteiger partial charge in [0, 0.05) is 18.5 Å². The number of pyridine rings is 1. The molecule has 17 heavy (non-hydrogen) atoms. The van der Waals surface area contributed by atoms with Gasteiger partial charge in [0.1, 0.15) is 17.0 Å². The first-order chi connectivity index (χ1) is 8.22. The highest BCUT2D eigenvalue weighted by atomic mass is 19.1. The fourth-order valence-electron chi connectivity index (χ4n) is 1.51. The minimum atomic E-state index is -0.434. The predicted molar refractivity (Wildman–Crippen MR) is 63.1 cm³/mol. The lowest BCUT2D eigenvalue weighted by Crippen LogP contribution is -2.29. The summed E-state index contributed by atoms with van der Waals surface area (Å²) in [7, 11) is 0. The normalized spacial score (nSPS) is 10.5. The Morgan fingerprint density at radius 3 is 2.94 bits per heavy atom. The van der Waals surface area contributed by atoms with Crippen LogP contribution in [-0.4, -0.2) is 24.0 Å². The number of nitrogens with two attached hydrogens (primary N) is 1. The molecule has 0 fully saturated rings. The molecule has 1 aromatic carbocycles. The fourth-order valence-corrected chi connectivity index (χ4v) is 1.51. The van der Waals surface area contributed by atoms with Gasteiger partial charge < -0.3 is 11.1 Å². The smallest absolute Gasteiger partial charge is 0.269 e. The number of benzene rings is 1. The average molecular weight is 233 g/mol. The molecule has 0 radical (unpaired) electrons. The molecule has 0 spiro atoms. The van der Waals surface area contributed by atoms with E-state index in [0.717, 1.165) is 0 Å². The molecule has 1 aromatic heterocycles. The predicted octanol–water partition coefficient (Wildman–Crippen LogP) is 1.06. The van der Waals surface area contributed by atoms with Crippen molar-refractivity contribution in [3.05, 3.63) is 41.8 Å². The van der Waals surface area contributed by atoms with Gasteiger partial charge in [0.2, 0.25) is 0 Å². The summed E-state index contributed by atoms with van der Waals surface area (Å²) < 4.78 is 13.5. The summed E-state index contributed by atoms with van der Waals surface area (Å²) in [5.74, 6) is -0.781. The highest BCUT2D eigenvalue weighted by molar-refractivity contribution is 5.94. The average Bonchev–Trinajstić information content (AvgIpc) is 2.36. The molecule has 4 nitrogen and oxygen atoms in total. The first kappa shape index (κ1) is 11.5. The zero-order valence-electron chi connectivity index (χ0n) is 9.11. The molecule has 0 bridgehead atoms. The van der Waals surface area contributed by atoms with Crippen molar-refractivity contribution in [2.24, 2.45) is 5.73 Å². The largest absolute Gasteiger partial charge is 0.349 e. The van der Waals surface area contributed by atoms with Crippen LogP contribution in [-0.2, 0) is 0 Å². The molecule has 0 unspecified atom stereocenters. The van der Waals surface area contributed by atoms with Crippen LogP contribution in [0.4, 0.5) is 4.39 Å². The van der Waals surface area contributed by atoms with E-state index in [1.807, 2.05) is 0 Å². The molecule has 1 amide bonds. The van der Waals surface area contributed by atoms with Gasteiger partial charge in [-0.2, -0.15) is 0 Å². The van der Waals surface area contributed by atoms with Crippen LogP contribution in [0.25, 0.3) is 10.9 Å². The van der Waals surface area contributed by atoms with Crippen molar-refractivity contribution in [1.82, 2.24) is 10.3 Å². The molecular weight excluding hydrogens is 221 g/mol. The summed E-state index contributed by atoms with van der Waals surface area (Å²) in [6.07, 6.45) is 0. The van der Waals surface area contributed by atoms with E-state index in [0.29, 0.717) is 18.5 Å². The van der Waals surface area contributed by atoms with Gasteiger partial charge in [0.15, 0.2) is 0 Å². The third-order valence-corrected chi connectivity index (χ3v) is 2.33. The number of hydrogen-bond donors (Lipinski definition) is 2. The van der Waals surface area contributed by atoms with E-state index in [1.54, 1.807) is 24.3 Å². The van der Waals surface area contributed by atoms with Crippen molar-refractivity contribution < 1.29 is 9.18 Å². The Morgan fingerprint density at radius 1 is 1.35 bits per heavy atom. The van der Waals surface area contributed by atoms with Crippen LogP contribution in [0.1, 0.15) is 10.5 Å². The minimum absolute atomic E-state index is 0.191. The molecule has 0 aliphatic rings. The number of hydrogen-bond acceptors (Lipinski definition) is 3. The number of para-hydroxylation sites is 1. The molecule has 2 rings (SSSR count). The first-order valence-electron chi connectivity index (χ1n) is 5.26. The molecule has 0 saturated carbocycles. The van der Waals surface area contributed by atoms with Gasteiger partial charge >= 0.3 is 0 Å². The van der Waals surface area contributed by atoms with Crippen molar-refractivity contribution >= 4 is 16.8 Å². The van der Waals surface area contributed by atoms with Gasteiger partial charge in [-0.15, -0.1) is 0 Å². The van der Waals surface area contributed by atoms with Crippen LogP contribution < -0.4 is 11.1 Å². The summed E-state index contributed by atoms with van der Waals surface area (Å²) in [5.41, 5.74) is 5.67. The third kappa shape index (κ3) is 2.39. The highest BCUT2D eigenvalue weighted by Crippen LogP contribution is 2.15. The van der Waals surface area contributed by atoms with Gasteiger partial charge in [0.05, 0.1) is 0 Å². The summed E-state index contributed by atoms with van der Waals surface area (Å²) in [4.78, 5) is 15.6. The Bertz CT molecular complexity index is 556. The summed E-state index contributed by atoms with van der Waals surface area (Å²) in [5, 5.41) is 3.25. The van der Waals surface area contributed by atoms with Crippen LogP contribution in [0.3, 0.4) is 0 Å². The van der Waals surface area contributed by atoms with E-state index in [9.17, 15) is 9.18 Å². The Hall–Kier alpha value is -2.01. The molecule has 88 valence electrons. The molecule has 0 atom stereocenters. The van der Waals surface area contributed by atoms with Crippen LogP contribution in [0.15, 0.2) is 30.3 Å². The van der Waals surface area contributed by atoms with Crippen molar-refractivity contribution in [3.63, 3.8) is 0 Å². The van der Waals surface area contributed by atoms with Gasteiger partial charge in [0.25, 0.3) is 5.91 Å². The van der Waals surface area contributed by atoms with Crippen LogP contribution >= 0.6 is 0 Å².